The molecule has 204 valence electrons. The van der Waals surface area contributed by atoms with Crippen LogP contribution in [0.1, 0.15) is 0 Å². The summed E-state index contributed by atoms with van der Waals surface area (Å²) in [5, 5.41) is 38.5. The normalized spacial score (nSPS) is 17.3. The largest absolute Gasteiger partial charge is 0.480 e. The van der Waals surface area contributed by atoms with Gasteiger partial charge in [0, 0.05) is 64.5 Å². The first kappa shape index (κ1) is 29.6. The Balaban J connectivity index is 2.11. The molecule has 0 bridgehead atoms. The summed E-state index contributed by atoms with van der Waals surface area (Å²) in [6, 6.07) is 5.02. The third-order valence-electron chi connectivity index (χ3n) is 5.64. The molecule has 1 fully saturated rings. The number of carbonyl (C=O) groups excluding carboxylic acids is 1. The Hall–Kier alpha value is -3.66. The average Bonchev–Trinajstić information content (AvgIpc) is 2.80. The van der Waals surface area contributed by atoms with E-state index < -0.39 is 28.8 Å². The van der Waals surface area contributed by atoms with E-state index in [9.17, 15) is 44.6 Å². The summed E-state index contributed by atoms with van der Waals surface area (Å²) < 4.78 is 5.28. The van der Waals surface area contributed by atoms with E-state index in [0.29, 0.717) is 0 Å². The zero-order valence-corrected chi connectivity index (χ0v) is 20.2. The van der Waals surface area contributed by atoms with Crippen LogP contribution < -0.4 is 4.74 Å². The first-order chi connectivity index (χ1) is 17.5. The van der Waals surface area contributed by atoms with Crippen LogP contribution in [0.3, 0.4) is 0 Å². The second kappa shape index (κ2) is 14.8. The maximum Gasteiger partial charge on any atom is 0.325 e. The smallest absolute Gasteiger partial charge is 0.325 e. The van der Waals surface area contributed by atoms with Gasteiger partial charge in [-0.1, -0.05) is 0 Å². The fraction of sp³-hybridized carbons (Fsp3) is 0.545. The van der Waals surface area contributed by atoms with Gasteiger partial charge in [-0.25, -0.2) is 0 Å². The molecule has 0 spiro atoms. The molecule has 1 aromatic rings. The highest BCUT2D eigenvalue weighted by molar-refractivity contribution is 5.74. The molecule has 1 heterocycles. The summed E-state index contributed by atoms with van der Waals surface area (Å²) in [5.74, 6) is -3.65. The fourth-order valence-electron chi connectivity index (χ4n) is 3.77. The third kappa shape index (κ3) is 11.7. The lowest BCUT2D eigenvalue weighted by Gasteiger charge is -2.32. The van der Waals surface area contributed by atoms with Gasteiger partial charge in [-0.05, 0) is 12.1 Å². The number of nitro benzene ring substituents is 1. The van der Waals surface area contributed by atoms with Crippen LogP contribution in [0.25, 0.3) is 0 Å². The van der Waals surface area contributed by atoms with Gasteiger partial charge in [-0.2, -0.15) is 0 Å². The number of carboxylic acid groups (broad SMARTS) is 3. The Kier molecular flexibility index (Phi) is 11.8. The van der Waals surface area contributed by atoms with Crippen molar-refractivity contribution in [3.63, 3.8) is 0 Å². The van der Waals surface area contributed by atoms with E-state index in [2.05, 4.69) is 0 Å². The lowest BCUT2D eigenvalue weighted by atomic mass is 10.3. The van der Waals surface area contributed by atoms with E-state index in [4.69, 9.17) is 4.74 Å². The van der Waals surface area contributed by atoms with E-state index in [0.717, 1.165) is 0 Å². The number of hydrogen-bond acceptors (Lipinski definition) is 11. The highest BCUT2D eigenvalue weighted by Crippen LogP contribution is 2.17. The number of ether oxygens (including phenoxy) is 1. The van der Waals surface area contributed by atoms with Crippen molar-refractivity contribution >= 4 is 29.6 Å². The quantitative estimate of drug-likeness (QED) is 0.145. The van der Waals surface area contributed by atoms with Crippen LogP contribution in [0.4, 0.5) is 5.69 Å². The molecular formula is C22H31N5O10. The molecule has 0 aliphatic carbocycles. The van der Waals surface area contributed by atoms with Crippen LogP contribution in [0.5, 0.6) is 5.75 Å². The highest BCUT2D eigenvalue weighted by atomic mass is 16.6. The van der Waals surface area contributed by atoms with Crippen molar-refractivity contribution in [2.75, 3.05) is 78.5 Å². The van der Waals surface area contributed by atoms with Crippen LogP contribution in [-0.2, 0) is 19.2 Å². The molecule has 0 radical (unpaired) electrons. The van der Waals surface area contributed by atoms with Crippen LogP contribution in [0.15, 0.2) is 24.3 Å². The predicted molar refractivity (Wildman–Crippen MR) is 127 cm³/mol. The van der Waals surface area contributed by atoms with Crippen molar-refractivity contribution in [3.05, 3.63) is 34.4 Å². The van der Waals surface area contributed by atoms with Gasteiger partial charge in [0.15, 0.2) is 0 Å². The zero-order chi connectivity index (χ0) is 27.4. The first-order valence-electron chi connectivity index (χ1n) is 11.5. The molecule has 0 amide bonds. The molecular weight excluding hydrogens is 494 g/mol. The number of aliphatic carboxylic acids is 3. The van der Waals surface area contributed by atoms with Gasteiger partial charge >= 0.3 is 23.9 Å². The molecule has 3 N–H and O–H groups in total. The van der Waals surface area contributed by atoms with Crippen molar-refractivity contribution in [1.29, 1.82) is 0 Å². The Labute approximate surface area is 212 Å². The SMILES string of the molecule is O=C(O)CN1CCN(CC(=O)O)CCN(CC(=O)Oc2ccc([N+](=O)[O-])cc2)CCN(CC(=O)O)CC1. The number of nitro groups is 1. The van der Waals surface area contributed by atoms with E-state index in [1.165, 1.54) is 24.3 Å². The maximum atomic E-state index is 12.6. The minimum absolute atomic E-state index is 0.128. The monoisotopic (exact) mass is 525 g/mol. The van der Waals surface area contributed by atoms with Gasteiger partial charge in [-0.15, -0.1) is 0 Å². The van der Waals surface area contributed by atoms with Gasteiger partial charge in [0.05, 0.1) is 31.1 Å². The van der Waals surface area contributed by atoms with Crippen molar-refractivity contribution in [2.24, 2.45) is 0 Å². The van der Waals surface area contributed by atoms with Crippen molar-refractivity contribution in [1.82, 2.24) is 19.6 Å². The number of benzene rings is 1. The van der Waals surface area contributed by atoms with Gasteiger partial charge in [-0.3, -0.25) is 48.9 Å². The lowest BCUT2D eigenvalue weighted by molar-refractivity contribution is -0.384. The molecule has 2 rings (SSSR count). The Morgan fingerprint density at radius 1 is 0.676 bits per heavy atom. The predicted octanol–water partition coefficient (Wildman–Crippen LogP) is -1.02. The number of carboxylic acids is 3. The van der Waals surface area contributed by atoms with Gasteiger partial charge in [0.2, 0.25) is 0 Å². The molecule has 1 aliphatic heterocycles. The molecule has 37 heavy (non-hydrogen) atoms. The molecule has 15 heteroatoms. The molecule has 0 saturated carbocycles. The fourth-order valence-corrected chi connectivity index (χ4v) is 3.77. The molecule has 0 atom stereocenters. The number of non-ortho nitro benzene ring substituents is 1. The summed E-state index contributed by atoms with van der Waals surface area (Å²) in [4.78, 5) is 63.3. The van der Waals surface area contributed by atoms with Crippen LogP contribution >= 0.6 is 0 Å². The van der Waals surface area contributed by atoms with Gasteiger partial charge < -0.3 is 20.1 Å². The van der Waals surface area contributed by atoms with Crippen molar-refractivity contribution in [2.45, 2.75) is 0 Å². The minimum Gasteiger partial charge on any atom is -0.480 e. The molecule has 1 saturated heterocycles. The molecule has 1 aliphatic rings. The van der Waals surface area contributed by atoms with Crippen molar-refractivity contribution < 1.29 is 44.2 Å². The van der Waals surface area contributed by atoms with Gasteiger partial charge in [0.1, 0.15) is 5.75 Å². The number of carbonyl (C=O) groups is 4. The second-order valence-corrected chi connectivity index (χ2v) is 8.51. The number of esters is 1. The Morgan fingerprint density at radius 2 is 1.00 bits per heavy atom. The third-order valence-corrected chi connectivity index (χ3v) is 5.64. The summed E-state index contributed by atoms with van der Waals surface area (Å²) in [6.07, 6.45) is 0. The Morgan fingerprint density at radius 3 is 1.30 bits per heavy atom. The van der Waals surface area contributed by atoms with Gasteiger partial charge in [0.25, 0.3) is 5.69 Å². The number of hydrogen-bond donors (Lipinski definition) is 3. The van der Waals surface area contributed by atoms with E-state index in [1.54, 1.807) is 19.6 Å². The summed E-state index contributed by atoms with van der Waals surface area (Å²) in [7, 11) is 0. The Bertz CT molecular complexity index is 926. The molecule has 0 aromatic heterocycles. The van der Waals surface area contributed by atoms with E-state index in [-0.39, 0.29) is 90.0 Å². The van der Waals surface area contributed by atoms with Crippen LogP contribution in [0, 0.1) is 10.1 Å². The first-order valence-corrected chi connectivity index (χ1v) is 11.5. The molecule has 1 aromatic carbocycles. The summed E-state index contributed by atoms with van der Waals surface area (Å²) in [5.41, 5.74) is -0.151. The maximum absolute atomic E-state index is 12.6. The van der Waals surface area contributed by atoms with E-state index >= 15 is 0 Å². The van der Waals surface area contributed by atoms with Crippen LogP contribution in [0.2, 0.25) is 0 Å². The van der Waals surface area contributed by atoms with Crippen molar-refractivity contribution in [3.8, 4) is 5.75 Å². The van der Waals surface area contributed by atoms with E-state index in [1.807, 2.05) is 0 Å². The second-order valence-electron chi connectivity index (χ2n) is 8.51. The topological polar surface area (TPSA) is 194 Å². The summed E-state index contributed by atoms with van der Waals surface area (Å²) in [6.45, 7) is 1.13. The standard InChI is InChI=1S/C22H31N5O10/c28-19(29)13-23-5-7-24(14-20(30)31)9-11-26(12-10-25(8-6-23)15-21(32)33)16-22(34)37-18-3-1-17(2-4-18)27(35)36/h1-4H,5-16H2,(H,28,29)(H,30,31)(H,32,33). The summed E-state index contributed by atoms with van der Waals surface area (Å²) >= 11 is 0. The molecule has 0 unspecified atom stereocenters. The van der Waals surface area contributed by atoms with Crippen LogP contribution in [-0.4, -0.2) is 142 Å². The number of rotatable bonds is 10. The zero-order valence-electron chi connectivity index (χ0n) is 20.2. The minimum atomic E-state index is -1.05. The molecule has 15 nitrogen and oxygen atoms in total. The average molecular weight is 526 g/mol. The number of nitrogens with zero attached hydrogens (tertiary/aromatic N) is 5. The highest BCUT2D eigenvalue weighted by Gasteiger charge is 2.21. The lowest BCUT2D eigenvalue weighted by Crippen LogP contribution is -2.49.